The number of carbonyl (C=O) groups excluding carboxylic acids is 1. The van der Waals surface area contributed by atoms with E-state index in [-0.39, 0.29) is 18.9 Å². The maximum atomic E-state index is 11.8. The Hall–Kier alpha value is -1.24. The summed E-state index contributed by atoms with van der Waals surface area (Å²) in [5, 5.41) is 8.98. The number of amides is 1. The fraction of sp³-hybridized carbons (Fsp3) is 0.818. The monoisotopic (exact) mass is 265 g/mol. The molecule has 7 heteroatoms. The van der Waals surface area contributed by atoms with Gasteiger partial charge in [0.25, 0.3) is 6.43 Å². The second-order valence-electron chi connectivity index (χ2n) is 4.15. The van der Waals surface area contributed by atoms with Crippen LogP contribution in [0.15, 0.2) is 0 Å². The number of nitrogens with zero attached hydrogens (tertiary/aromatic N) is 1. The minimum atomic E-state index is -2.55. The van der Waals surface area contributed by atoms with Gasteiger partial charge in [-0.25, -0.2) is 13.6 Å². The highest BCUT2D eigenvalue weighted by Gasteiger charge is 2.31. The van der Waals surface area contributed by atoms with Crippen molar-refractivity contribution in [2.24, 2.45) is 0 Å². The highest BCUT2D eigenvalue weighted by molar-refractivity contribution is 5.83. The van der Waals surface area contributed by atoms with Gasteiger partial charge in [0.05, 0.1) is 13.0 Å². The lowest BCUT2D eigenvalue weighted by atomic mass is 10.0. The Kier molecular flexibility index (Phi) is 5.97. The third-order valence-electron chi connectivity index (χ3n) is 2.81. The van der Waals surface area contributed by atoms with Gasteiger partial charge in [0.15, 0.2) is 0 Å². The number of carboxylic acids is 1. The standard InChI is InChI=1S/C11H17F2NO4/c12-9(13)7-18-6-4-10(15)14-5-2-1-3-8(14)11(16)17/h8-9H,1-7H2,(H,16,17)/t8-/m1/s1. The van der Waals surface area contributed by atoms with Crippen molar-refractivity contribution in [1.82, 2.24) is 4.90 Å². The van der Waals surface area contributed by atoms with E-state index in [1.165, 1.54) is 4.90 Å². The number of aliphatic carboxylic acids is 1. The second kappa shape index (κ2) is 7.25. The maximum Gasteiger partial charge on any atom is 0.326 e. The number of hydrogen-bond acceptors (Lipinski definition) is 3. The van der Waals surface area contributed by atoms with Crippen molar-refractivity contribution < 1.29 is 28.2 Å². The minimum absolute atomic E-state index is 0.0590. The first kappa shape index (κ1) is 14.8. The number of halogens is 2. The van der Waals surface area contributed by atoms with Gasteiger partial charge in [0, 0.05) is 6.54 Å². The minimum Gasteiger partial charge on any atom is -0.480 e. The molecule has 1 rings (SSSR count). The lowest BCUT2D eigenvalue weighted by Crippen LogP contribution is -2.48. The zero-order chi connectivity index (χ0) is 13.5. The van der Waals surface area contributed by atoms with Crippen LogP contribution in [0.4, 0.5) is 8.78 Å². The molecule has 0 saturated carbocycles. The van der Waals surface area contributed by atoms with Gasteiger partial charge in [-0.2, -0.15) is 0 Å². The molecule has 1 atom stereocenters. The molecule has 18 heavy (non-hydrogen) atoms. The van der Waals surface area contributed by atoms with Crippen LogP contribution >= 0.6 is 0 Å². The zero-order valence-corrected chi connectivity index (χ0v) is 9.98. The van der Waals surface area contributed by atoms with Crippen LogP contribution in [0.25, 0.3) is 0 Å². The molecule has 1 amide bonds. The number of hydrogen-bond donors (Lipinski definition) is 1. The number of piperidine rings is 1. The molecule has 1 heterocycles. The predicted molar refractivity (Wildman–Crippen MR) is 58.4 cm³/mol. The normalized spacial score (nSPS) is 20.2. The zero-order valence-electron chi connectivity index (χ0n) is 9.98. The van der Waals surface area contributed by atoms with E-state index in [2.05, 4.69) is 4.74 Å². The van der Waals surface area contributed by atoms with Crippen molar-refractivity contribution in [2.75, 3.05) is 19.8 Å². The number of carboxylic acid groups (broad SMARTS) is 1. The van der Waals surface area contributed by atoms with Crippen LogP contribution in [0.3, 0.4) is 0 Å². The largest absolute Gasteiger partial charge is 0.480 e. The molecule has 0 bridgehead atoms. The third kappa shape index (κ3) is 4.56. The van der Waals surface area contributed by atoms with Crippen LogP contribution in [0, 0.1) is 0 Å². The van der Waals surface area contributed by atoms with Crippen molar-refractivity contribution in [2.45, 2.75) is 38.2 Å². The fourth-order valence-electron chi connectivity index (χ4n) is 1.96. The van der Waals surface area contributed by atoms with Gasteiger partial charge >= 0.3 is 5.97 Å². The van der Waals surface area contributed by atoms with Crippen LogP contribution in [0.2, 0.25) is 0 Å². The summed E-state index contributed by atoms with van der Waals surface area (Å²) in [6.07, 6.45) is -0.618. The first-order valence-electron chi connectivity index (χ1n) is 5.90. The van der Waals surface area contributed by atoms with E-state index in [1.54, 1.807) is 0 Å². The highest BCUT2D eigenvalue weighted by atomic mass is 19.3. The van der Waals surface area contributed by atoms with Crippen LogP contribution in [0.1, 0.15) is 25.7 Å². The van der Waals surface area contributed by atoms with Crippen molar-refractivity contribution >= 4 is 11.9 Å². The molecule has 1 fully saturated rings. The van der Waals surface area contributed by atoms with Crippen LogP contribution in [-0.2, 0) is 14.3 Å². The Morgan fingerprint density at radius 3 is 2.72 bits per heavy atom. The average molecular weight is 265 g/mol. The van der Waals surface area contributed by atoms with Crippen LogP contribution in [-0.4, -0.2) is 54.1 Å². The number of rotatable bonds is 6. The van der Waals surface area contributed by atoms with Gasteiger partial charge < -0.3 is 14.7 Å². The van der Waals surface area contributed by atoms with Gasteiger partial charge in [-0.15, -0.1) is 0 Å². The molecule has 1 aliphatic rings. The Morgan fingerprint density at radius 2 is 2.11 bits per heavy atom. The van der Waals surface area contributed by atoms with Crippen molar-refractivity contribution in [1.29, 1.82) is 0 Å². The molecule has 0 aliphatic carbocycles. The van der Waals surface area contributed by atoms with E-state index >= 15 is 0 Å². The average Bonchev–Trinajstić information content (AvgIpc) is 2.34. The molecule has 0 aromatic carbocycles. The number of ether oxygens (including phenoxy) is 1. The molecular weight excluding hydrogens is 248 g/mol. The fourth-order valence-corrected chi connectivity index (χ4v) is 1.96. The Balaban J connectivity index is 2.36. The lowest BCUT2D eigenvalue weighted by Gasteiger charge is -2.33. The molecule has 0 aromatic heterocycles. The number of alkyl halides is 2. The molecule has 1 N–H and O–H groups in total. The van der Waals surface area contributed by atoms with Crippen molar-refractivity contribution in [3.63, 3.8) is 0 Å². The first-order valence-corrected chi connectivity index (χ1v) is 5.90. The second-order valence-corrected chi connectivity index (χ2v) is 4.15. The van der Waals surface area contributed by atoms with E-state index < -0.39 is 25.0 Å². The van der Waals surface area contributed by atoms with Crippen molar-refractivity contribution in [3.05, 3.63) is 0 Å². The van der Waals surface area contributed by atoms with Crippen LogP contribution < -0.4 is 0 Å². The Bertz CT molecular complexity index is 299. The topological polar surface area (TPSA) is 66.8 Å². The quantitative estimate of drug-likeness (QED) is 0.731. The molecule has 1 aliphatic heterocycles. The summed E-state index contributed by atoms with van der Waals surface area (Å²) in [6, 6.07) is -0.790. The van der Waals surface area contributed by atoms with E-state index in [0.717, 1.165) is 12.8 Å². The number of carbonyl (C=O) groups is 2. The third-order valence-corrected chi connectivity index (χ3v) is 2.81. The van der Waals surface area contributed by atoms with Crippen LogP contribution in [0.5, 0.6) is 0 Å². The smallest absolute Gasteiger partial charge is 0.326 e. The molecule has 1 saturated heterocycles. The summed E-state index contributed by atoms with van der Waals surface area (Å²) in [4.78, 5) is 24.0. The molecule has 0 unspecified atom stereocenters. The molecular formula is C11H17F2NO4. The number of likely N-dealkylation sites (tertiary alicyclic amines) is 1. The summed E-state index contributed by atoms with van der Waals surface area (Å²) in [5.41, 5.74) is 0. The summed E-state index contributed by atoms with van der Waals surface area (Å²) in [7, 11) is 0. The Morgan fingerprint density at radius 1 is 1.39 bits per heavy atom. The van der Waals surface area contributed by atoms with Gasteiger partial charge in [-0.1, -0.05) is 0 Å². The summed E-state index contributed by atoms with van der Waals surface area (Å²) >= 11 is 0. The van der Waals surface area contributed by atoms with Gasteiger partial charge in [0.1, 0.15) is 12.6 Å². The van der Waals surface area contributed by atoms with Gasteiger partial charge in [-0.3, -0.25) is 4.79 Å². The summed E-state index contributed by atoms with van der Waals surface area (Å²) < 4.78 is 28.2. The summed E-state index contributed by atoms with van der Waals surface area (Å²) in [5.74, 6) is -1.37. The highest BCUT2D eigenvalue weighted by Crippen LogP contribution is 2.18. The SMILES string of the molecule is O=C(O)[C@H]1CCCCN1C(=O)CCOCC(F)F. The van der Waals surface area contributed by atoms with E-state index in [9.17, 15) is 18.4 Å². The van der Waals surface area contributed by atoms with Crippen molar-refractivity contribution in [3.8, 4) is 0 Å². The Labute approximate surface area is 104 Å². The summed E-state index contributed by atoms with van der Waals surface area (Å²) in [6.45, 7) is -0.397. The maximum absolute atomic E-state index is 11.8. The molecule has 5 nitrogen and oxygen atoms in total. The van der Waals surface area contributed by atoms with E-state index in [0.29, 0.717) is 13.0 Å². The van der Waals surface area contributed by atoms with E-state index in [4.69, 9.17) is 5.11 Å². The lowest BCUT2D eigenvalue weighted by molar-refractivity contribution is -0.152. The molecule has 0 spiro atoms. The van der Waals surface area contributed by atoms with Gasteiger partial charge in [0.2, 0.25) is 5.91 Å². The molecule has 0 aromatic rings. The van der Waals surface area contributed by atoms with E-state index in [1.807, 2.05) is 0 Å². The van der Waals surface area contributed by atoms with Gasteiger partial charge in [-0.05, 0) is 19.3 Å². The molecule has 0 radical (unpaired) electrons. The molecule has 104 valence electrons. The predicted octanol–water partition coefficient (Wildman–Crippen LogP) is 1.12. The first-order chi connectivity index (χ1) is 8.52.